The van der Waals surface area contributed by atoms with Crippen LogP contribution in [0.25, 0.3) is 0 Å². The Morgan fingerprint density at radius 3 is 2.91 bits per heavy atom. The molecular weight excluding hydrogens is 144 g/mol. The van der Waals surface area contributed by atoms with E-state index in [1.807, 2.05) is 11.9 Å². The van der Waals surface area contributed by atoms with Gasteiger partial charge in [0.1, 0.15) is 0 Å². The van der Waals surface area contributed by atoms with E-state index in [-0.39, 0.29) is 6.10 Å². The van der Waals surface area contributed by atoms with Gasteiger partial charge in [-0.2, -0.15) is 0 Å². The molecule has 0 amide bonds. The zero-order valence-corrected chi connectivity index (χ0v) is 7.12. The van der Waals surface area contributed by atoms with Crippen LogP contribution in [0.4, 0.5) is 0 Å². The van der Waals surface area contributed by atoms with Crippen molar-refractivity contribution in [3.63, 3.8) is 0 Å². The van der Waals surface area contributed by atoms with E-state index in [2.05, 4.69) is 0 Å². The van der Waals surface area contributed by atoms with Crippen LogP contribution < -0.4 is 5.73 Å². The second kappa shape index (κ2) is 4.01. The summed E-state index contributed by atoms with van der Waals surface area (Å²) in [6.45, 7) is 1.96. The maximum absolute atomic E-state index is 5.48. The number of ether oxygens (including phenoxy) is 2. The van der Waals surface area contributed by atoms with Gasteiger partial charge in [-0.25, -0.2) is 0 Å². The zero-order valence-electron chi connectivity index (χ0n) is 7.12. The number of hydrogen-bond acceptors (Lipinski definition) is 4. The second-order valence-corrected chi connectivity index (χ2v) is 2.82. The Balaban J connectivity index is 2.42. The smallest absolute Gasteiger partial charge is 0.0982 e. The molecular formula is C7H16N2O2. The Hall–Kier alpha value is -0.160. The molecule has 4 nitrogen and oxygen atoms in total. The molecule has 0 spiro atoms. The van der Waals surface area contributed by atoms with Crippen molar-refractivity contribution >= 4 is 0 Å². The molecule has 0 aliphatic carbocycles. The standard InChI is InChI=1S/C7H16N2O2/c1-9(5-8)6-3-11-4-7(6)10-2/h6-7H,3-5,8H2,1-2H3. The van der Waals surface area contributed by atoms with E-state index < -0.39 is 0 Å². The van der Waals surface area contributed by atoms with Crippen LogP contribution in [0.5, 0.6) is 0 Å². The number of likely N-dealkylation sites (N-methyl/N-ethyl adjacent to an activating group) is 1. The molecule has 1 fully saturated rings. The lowest BCUT2D eigenvalue weighted by molar-refractivity contribution is 0.0496. The lowest BCUT2D eigenvalue weighted by Gasteiger charge is -2.25. The minimum Gasteiger partial charge on any atom is -0.377 e. The van der Waals surface area contributed by atoms with Gasteiger partial charge in [0.2, 0.25) is 0 Å². The van der Waals surface area contributed by atoms with Crippen molar-refractivity contribution in [2.24, 2.45) is 5.73 Å². The summed E-state index contributed by atoms with van der Waals surface area (Å²) in [7, 11) is 3.68. The van der Waals surface area contributed by atoms with Crippen molar-refractivity contribution in [3.8, 4) is 0 Å². The van der Waals surface area contributed by atoms with Crippen molar-refractivity contribution in [1.29, 1.82) is 0 Å². The van der Waals surface area contributed by atoms with E-state index >= 15 is 0 Å². The lowest BCUT2D eigenvalue weighted by atomic mass is 10.2. The number of rotatable bonds is 3. The van der Waals surface area contributed by atoms with E-state index in [0.29, 0.717) is 19.3 Å². The van der Waals surface area contributed by atoms with Crippen LogP contribution in [0.3, 0.4) is 0 Å². The van der Waals surface area contributed by atoms with Gasteiger partial charge in [0, 0.05) is 13.8 Å². The molecule has 4 heteroatoms. The van der Waals surface area contributed by atoms with Gasteiger partial charge in [0.25, 0.3) is 0 Å². The predicted octanol–water partition coefficient (Wildman–Crippen LogP) is -0.752. The summed E-state index contributed by atoms with van der Waals surface area (Å²) in [5, 5.41) is 0. The molecule has 0 aromatic carbocycles. The van der Waals surface area contributed by atoms with Crippen molar-refractivity contribution in [2.75, 3.05) is 34.0 Å². The fourth-order valence-corrected chi connectivity index (χ4v) is 1.29. The Bertz CT molecular complexity index is 121. The number of nitrogens with zero attached hydrogens (tertiary/aromatic N) is 1. The van der Waals surface area contributed by atoms with Crippen molar-refractivity contribution in [1.82, 2.24) is 4.90 Å². The Kier molecular flexibility index (Phi) is 3.26. The average molecular weight is 160 g/mol. The van der Waals surface area contributed by atoms with E-state index in [4.69, 9.17) is 15.2 Å². The monoisotopic (exact) mass is 160 g/mol. The van der Waals surface area contributed by atoms with Gasteiger partial charge < -0.3 is 15.2 Å². The maximum atomic E-state index is 5.48. The molecule has 0 aromatic rings. The van der Waals surface area contributed by atoms with Gasteiger partial charge in [-0.1, -0.05) is 0 Å². The molecule has 1 aliphatic heterocycles. The van der Waals surface area contributed by atoms with Gasteiger partial charge in [-0.3, -0.25) is 4.90 Å². The summed E-state index contributed by atoms with van der Waals surface area (Å²) in [5.74, 6) is 0. The molecule has 2 unspecified atom stereocenters. The van der Waals surface area contributed by atoms with E-state index in [9.17, 15) is 0 Å². The highest BCUT2D eigenvalue weighted by molar-refractivity contribution is 4.82. The van der Waals surface area contributed by atoms with Crippen molar-refractivity contribution < 1.29 is 9.47 Å². The number of nitrogens with two attached hydrogens (primary N) is 1. The Morgan fingerprint density at radius 1 is 1.64 bits per heavy atom. The fraction of sp³-hybridized carbons (Fsp3) is 1.00. The molecule has 0 bridgehead atoms. The molecule has 0 radical (unpaired) electrons. The van der Waals surface area contributed by atoms with Gasteiger partial charge in [-0.15, -0.1) is 0 Å². The maximum Gasteiger partial charge on any atom is 0.0982 e. The first-order valence-electron chi connectivity index (χ1n) is 3.80. The third-order valence-electron chi connectivity index (χ3n) is 2.16. The van der Waals surface area contributed by atoms with E-state index in [1.54, 1.807) is 7.11 Å². The molecule has 0 saturated carbocycles. The van der Waals surface area contributed by atoms with Gasteiger partial charge >= 0.3 is 0 Å². The summed E-state index contributed by atoms with van der Waals surface area (Å²) in [6.07, 6.45) is 0.184. The molecule has 1 aliphatic rings. The largest absolute Gasteiger partial charge is 0.377 e. The number of methoxy groups -OCH3 is 1. The Labute approximate surface area is 67.2 Å². The summed E-state index contributed by atoms with van der Waals surface area (Å²) in [5.41, 5.74) is 5.48. The van der Waals surface area contributed by atoms with Crippen molar-refractivity contribution in [3.05, 3.63) is 0 Å². The first kappa shape index (κ1) is 8.93. The highest BCUT2D eigenvalue weighted by Gasteiger charge is 2.30. The first-order chi connectivity index (χ1) is 5.29. The molecule has 1 saturated heterocycles. The highest BCUT2D eigenvalue weighted by Crippen LogP contribution is 2.13. The predicted molar refractivity (Wildman–Crippen MR) is 42.2 cm³/mol. The molecule has 1 rings (SSSR count). The lowest BCUT2D eigenvalue weighted by Crippen LogP contribution is -2.44. The molecule has 1 heterocycles. The molecule has 2 N–H and O–H groups in total. The van der Waals surface area contributed by atoms with Gasteiger partial charge in [0.15, 0.2) is 0 Å². The minimum atomic E-state index is 0.184. The van der Waals surface area contributed by atoms with Gasteiger partial charge in [-0.05, 0) is 7.05 Å². The first-order valence-corrected chi connectivity index (χ1v) is 3.80. The highest BCUT2D eigenvalue weighted by atomic mass is 16.5. The quantitative estimate of drug-likeness (QED) is 0.552. The third-order valence-corrected chi connectivity index (χ3v) is 2.16. The van der Waals surface area contributed by atoms with Crippen LogP contribution in [0.2, 0.25) is 0 Å². The summed E-state index contributed by atoms with van der Waals surface area (Å²) in [4.78, 5) is 2.04. The van der Waals surface area contributed by atoms with Crippen LogP contribution in [-0.4, -0.2) is 51.1 Å². The molecule has 11 heavy (non-hydrogen) atoms. The topological polar surface area (TPSA) is 47.7 Å². The summed E-state index contributed by atoms with van der Waals surface area (Å²) < 4.78 is 10.5. The van der Waals surface area contributed by atoms with Crippen LogP contribution in [0, 0.1) is 0 Å². The fourth-order valence-electron chi connectivity index (χ4n) is 1.29. The zero-order chi connectivity index (χ0) is 8.27. The SMILES string of the molecule is COC1COCC1N(C)CN. The van der Waals surface area contributed by atoms with Gasteiger partial charge in [0.05, 0.1) is 25.4 Å². The second-order valence-electron chi connectivity index (χ2n) is 2.82. The normalized spacial score (nSPS) is 31.6. The summed E-state index contributed by atoms with van der Waals surface area (Å²) >= 11 is 0. The average Bonchev–Trinajstić information content (AvgIpc) is 2.50. The van der Waals surface area contributed by atoms with Crippen molar-refractivity contribution in [2.45, 2.75) is 12.1 Å². The minimum absolute atomic E-state index is 0.184. The van der Waals surface area contributed by atoms with E-state index in [1.165, 1.54) is 0 Å². The van der Waals surface area contributed by atoms with E-state index in [0.717, 1.165) is 6.61 Å². The molecule has 0 aromatic heterocycles. The van der Waals surface area contributed by atoms with Crippen LogP contribution in [-0.2, 0) is 9.47 Å². The molecule has 2 atom stereocenters. The molecule has 66 valence electrons. The number of hydrogen-bond donors (Lipinski definition) is 1. The van der Waals surface area contributed by atoms with Crippen LogP contribution >= 0.6 is 0 Å². The third kappa shape index (κ3) is 1.90. The summed E-state index contributed by atoms with van der Waals surface area (Å²) in [6, 6.07) is 0.324. The Morgan fingerprint density at radius 2 is 2.36 bits per heavy atom. The van der Waals surface area contributed by atoms with Crippen LogP contribution in [0.1, 0.15) is 0 Å². The van der Waals surface area contributed by atoms with Crippen LogP contribution in [0.15, 0.2) is 0 Å².